The maximum absolute atomic E-state index is 5.37. The molecule has 1 aromatic rings. The maximum Gasteiger partial charge on any atom is 0.117 e. The average molecular weight is 216 g/mol. The van der Waals surface area contributed by atoms with Gasteiger partial charge in [-0.3, -0.25) is 0 Å². The fraction of sp³-hybridized carbons (Fsp3) is 0.571. The van der Waals surface area contributed by atoms with Crippen LogP contribution in [0.15, 0.2) is 12.4 Å². The number of aromatic nitrogens is 2. The zero-order chi connectivity index (χ0) is 12.0. The normalized spacial score (nSPS) is 11.1. The van der Waals surface area contributed by atoms with Gasteiger partial charge in [-0.05, 0) is 18.9 Å². The summed E-state index contributed by atoms with van der Waals surface area (Å²) in [5.74, 6) is 2.57. The van der Waals surface area contributed by atoms with Crippen LogP contribution in [-0.4, -0.2) is 9.97 Å². The van der Waals surface area contributed by atoms with E-state index >= 15 is 0 Å². The number of hydrogen-bond acceptors (Lipinski definition) is 2. The van der Waals surface area contributed by atoms with Crippen molar-refractivity contribution >= 4 is 0 Å². The lowest BCUT2D eigenvalue weighted by atomic mass is 9.78. The highest BCUT2D eigenvalue weighted by Gasteiger charge is 2.26. The van der Waals surface area contributed by atoms with Gasteiger partial charge in [0, 0.05) is 5.41 Å². The first kappa shape index (κ1) is 12.7. The average Bonchev–Trinajstić information content (AvgIpc) is 2.30. The number of terminal acetylenes is 1. The van der Waals surface area contributed by atoms with Gasteiger partial charge in [0.05, 0.1) is 5.69 Å². The molecule has 0 radical (unpaired) electrons. The molecule has 2 heteroatoms. The van der Waals surface area contributed by atoms with E-state index in [0.717, 1.165) is 31.4 Å². The van der Waals surface area contributed by atoms with E-state index in [0.29, 0.717) is 5.69 Å². The monoisotopic (exact) mass is 216 g/mol. The number of nitrogens with zero attached hydrogens (tertiary/aromatic N) is 2. The van der Waals surface area contributed by atoms with Crippen molar-refractivity contribution in [1.29, 1.82) is 0 Å². The molecule has 1 heterocycles. The van der Waals surface area contributed by atoms with Gasteiger partial charge >= 0.3 is 0 Å². The first-order valence-corrected chi connectivity index (χ1v) is 5.95. The minimum atomic E-state index is 0.137. The molecule has 0 aliphatic carbocycles. The van der Waals surface area contributed by atoms with E-state index in [1.54, 1.807) is 6.33 Å². The van der Waals surface area contributed by atoms with Crippen molar-refractivity contribution in [3.8, 4) is 12.3 Å². The van der Waals surface area contributed by atoms with E-state index in [2.05, 4.69) is 36.7 Å². The first-order chi connectivity index (χ1) is 7.66. The molecule has 0 aliphatic heterocycles. The van der Waals surface area contributed by atoms with E-state index < -0.39 is 0 Å². The van der Waals surface area contributed by atoms with Crippen molar-refractivity contribution in [3.05, 3.63) is 23.8 Å². The van der Waals surface area contributed by atoms with Gasteiger partial charge in [-0.15, -0.1) is 6.42 Å². The molecule has 86 valence electrons. The molecular weight excluding hydrogens is 196 g/mol. The molecule has 0 aliphatic rings. The molecule has 0 saturated carbocycles. The van der Waals surface area contributed by atoms with Crippen molar-refractivity contribution in [2.75, 3.05) is 0 Å². The molecule has 2 nitrogen and oxygen atoms in total. The Balaban J connectivity index is 3.05. The largest absolute Gasteiger partial charge is 0.241 e. The van der Waals surface area contributed by atoms with Crippen molar-refractivity contribution in [2.24, 2.45) is 0 Å². The first-order valence-electron chi connectivity index (χ1n) is 5.95. The van der Waals surface area contributed by atoms with Gasteiger partial charge in [-0.2, -0.15) is 0 Å². The molecule has 0 atom stereocenters. The Kier molecular flexibility index (Phi) is 4.49. The fourth-order valence-corrected chi connectivity index (χ4v) is 2.25. The molecule has 16 heavy (non-hydrogen) atoms. The SMILES string of the molecule is C#Cc1cc(C(C)(CCC)CCC)ncn1. The predicted octanol–water partition coefficient (Wildman–Crippen LogP) is 3.32. The van der Waals surface area contributed by atoms with Gasteiger partial charge in [0.15, 0.2) is 0 Å². The molecule has 1 aromatic heterocycles. The summed E-state index contributed by atoms with van der Waals surface area (Å²) in [7, 11) is 0. The summed E-state index contributed by atoms with van der Waals surface area (Å²) < 4.78 is 0. The van der Waals surface area contributed by atoms with Crippen LogP contribution in [0.1, 0.15) is 57.8 Å². The summed E-state index contributed by atoms with van der Waals surface area (Å²) >= 11 is 0. The summed E-state index contributed by atoms with van der Waals surface area (Å²) in [6, 6.07) is 1.95. The minimum Gasteiger partial charge on any atom is -0.241 e. The lowest BCUT2D eigenvalue weighted by Crippen LogP contribution is -2.23. The Hall–Kier alpha value is -1.36. The molecule has 0 amide bonds. The Morgan fingerprint density at radius 1 is 1.25 bits per heavy atom. The summed E-state index contributed by atoms with van der Waals surface area (Å²) in [4.78, 5) is 8.43. The van der Waals surface area contributed by atoms with Crippen LogP contribution in [-0.2, 0) is 5.41 Å². The van der Waals surface area contributed by atoms with E-state index in [1.807, 2.05) is 6.07 Å². The van der Waals surface area contributed by atoms with E-state index in [-0.39, 0.29) is 5.41 Å². The topological polar surface area (TPSA) is 25.8 Å². The molecule has 0 aromatic carbocycles. The standard InChI is InChI=1S/C14H20N2/c1-5-8-14(4,9-6-2)13-10-12(7-3)15-11-16-13/h3,10-11H,5-6,8-9H2,1-2,4H3. The lowest BCUT2D eigenvalue weighted by Gasteiger charge is -2.28. The Bertz CT molecular complexity index is 371. The minimum absolute atomic E-state index is 0.137. The highest BCUT2D eigenvalue weighted by molar-refractivity contribution is 5.28. The molecule has 0 fully saturated rings. The van der Waals surface area contributed by atoms with Crippen LogP contribution in [0, 0.1) is 12.3 Å². The third-order valence-electron chi connectivity index (χ3n) is 3.04. The highest BCUT2D eigenvalue weighted by Crippen LogP contribution is 2.32. The van der Waals surface area contributed by atoms with Crippen LogP contribution < -0.4 is 0 Å². The summed E-state index contributed by atoms with van der Waals surface area (Å²) in [5, 5.41) is 0. The zero-order valence-corrected chi connectivity index (χ0v) is 10.5. The van der Waals surface area contributed by atoms with Gasteiger partial charge in [0.1, 0.15) is 12.0 Å². The van der Waals surface area contributed by atoms with Crippen LogP contribution in [0.5, 0.6) is 0 Å². The van der Waals surface area contributed by atoms with Crippen LogP contribution in [0.4, 0.5) is 0 Å². The molecular formula is C14H20N2. The van der Waals surface area contributed by atoms with Crippen LogP contribution in [0.25, 0.3) is 0 Å². The van der Waals surface area contributed by atoms with Gasteiger partial charge in [-0.25, -0.2) is 9.97 Å². The number of rotatable bonds is 5. The third kappa shape index (κ3) is 2.82. The summed E-state index contributed by atoms with van der Waals surface area (Å²) in [5.41, 5.74) is 1.90. The van der Waals surface area contributed by atoms with E-state index in [9.17, 15) is 0 Å². The van der Waals surface area contributed by atoms with Crippen LogP contribution in [0.2, 0.25) is 0 Å². The predicted molar refractivity (Wildman–Crippen MR) is 67.1 cm³/mol. The summed E-state index contributed by atoms with van der Waals surface area (Å²) in [6.45, 7) is 6.68. The van der Waals surface area contributed by atoms with Crippen molar-refractivity contribution in [3.63, 3.8) is 0 Å². The van der Waals surface area contributed by atoms with Gasteiger partial charge < -0.3 is 0 Å². The smallest absolute Gasteiger partial charge is 0.117 e. The van der Waals surface area contributed by atoms with Gasteiger partial charge in [0.25, 0.3) is 0 Å². The lowest BCUT2D eigenvalue weighted by molar-refractivity contribution is 0.380. The molecule has 0 saturated heterocycles. The van der Waals surface area contributed by atoms with Crippen LogP contribution >= 0.6 is 0 Å². The quantitative estimate of drug-likeness (QED) is 0.706. The van der Waals surface area contributed by atoms with E-state index in [1.165, 1.54) is 0 Å². The second-order valence-corrected chi connectivity index (χ2v) is 4.49. The van der Waals surface area contributed by atoms with Gasteiger partial charge in [0.2, 0.25) is 0 Å². The van der Waals surface area contributed by atoms with Crippen molar-refractivity contribution in [1.82, 2.24) is 9.97 Å². The molecule has 0 bridgehead atoms. The summed E-state index contributed by atoms with van der Waals surface area (Å²) in [6.07, 6.45) is 11.5. The van der Waals surface area contributed by atoms with Crippen LogP contribution in [0.3, 0.4) is 0 Å². The molecule has 0 unspecified atom stereocenters. The Morgan fingerprint density at radius 3 is 2.38 bits per heavy atom. The molecule has 0 N–H and O–H groups in total. The highest BCUT2D eigenvalue weighted by atomic mass is 14.8. The van der Waals surface area contributed by atoms with Crippen molar-refractivity contribution < 1.29 is 0 Å². The third-order valence-corrected chi connectivity index (χ3v) is 3.04. The van der Waals surface area contributed by atoms with E-state index in [4.69, 9.17) is 6.42 Å². The molecule has 0 spiro atoms. The maximum atomic E-state index is 5.37. The van der Waals surface area contributed by atoms with Gasteiger partial charge in [-0.1, -0.05) is 39.5 Å². The second kappa shape index (κ2) is 5.65. The Labute approximate surface area is 98.5 Å². The van der Waals surface area contributed by atoms with Crippen molar-refractivity contribution in [2.45, 2.75) is 51.9 Å². The Morgan fingerprint density at radius 2 is 1.88 bits per heavy atom. The number of hydrogen-bond donors (Lipinski definition) is 0. The zero-order valence-electron chi connectivity index (χ0n) is 10.5. The second-order valence-electron chi connectivity index (χ2n) is 4.49. The fourth-order valence-electron chi connectivity index (χ4n) is 2.25. The molecule has 1 rings (SSSR count).